The number of halogens is 1. The summed E-state index contributed by atoms with van der Waals surface area (Å²) in [6, 6.07) is 0. The van der Waals surface area contributed by atoms with Crippen molar-refractivity contribution in [3.63, 3.8) is 0 Å². The van der Waals surface area contributed by atoms with Crippen LogP contribution in [0.2, 0.25) is 0 Å². The van der Waals surface area contributed by atoms with Gasteiger partial charge in [0.2, 0.25) is 0 Å². The SMILES string of the molecule is CCNc1nc(C2CCCOC2)nc(C)c1I. The van der Waals surface area contributed by atoms with E-state index >= 15 is 0 Å². The van der Waals surface area contributed by atoms with Crippen molar-refractivity contribution in [2.75, 3.05) is 25.1 Å². The summed E-state index contributed by atoms with van der Waals surface area (Å²) in [7, 11) is 0. The van der Waals surface area contributed by atoms with E-state index in [1.807, 2.05) is 6.92 Å². The van der Waals surface area contributed by atoms with Crippen LogP contribution in [0.15, 0.2) is 0 Å². The van der Waals surface area contributed by atoms with E-state index in [2.05, 4.69) is 44.8 Å². The number of aromatic nitrogens is 2. The maximum absolute atomic E-state index is 5.50. The van der Waals surface area contributed by atoms with Gasteiger partial charge in [-0.2, -0.15) is 0 Å². The first kappa shape index (κ1) is 13.0. The highest BCUT2D eigenvalue weighted by molar-refractivity contribution is 14.1. The highest BCUT2D eigenvalue weighted by Crippen LogP contribution is 2.26. The van der Waals surface area contributed by atoms with E-state index in [9.17, 15) is 0 Å². The van der Waals surface area contributed by atoms with Crippen LogP contribution in [-0.4, -0.2) is 29.7 Å². The molecule has 0 spiro atoms. The van der Waals surface area contributed by atoms with Crippen LogP contribution in [0.25, 0.3) is 0 Å². The number of ether oxygens (including phenoxy) is 1. The van der Waals surface area contributed by atoms with Crippen molar-refractivity contribution < 1.29 is 4.74 Å². The van der Waals surface area contributed by atoms with E-state index in [0.29, 0.717) is 5.92 Å². The van der Waals surface area contributed by atoms with Gasteiger partial charge in [-0.25, -0.2) is 9.97 Å². The second-order valence-corrected chi connectivity index (χ2v) is 5.35. The topological polar surface area (TPSA) is 47.0 Å². The van der Waals surface area contributed by atoms with Crippen molar-refractivity contribution in [2.45, 2.75) is 32.6 Å². The number of nitrogens with one attached hydrogen (secondary N) is 1. The number of hydrogen-bond donors (Lipinski definition) is 1. The first-order valence-electron chi connectivity index (χ1n) is 6.08. The average molecular weight is 347 g/mol. The monoisotopic (exact) mass is 347 g/mol. The first-order valence-corrected chi connectivity index (χ1v) is 7.16. The van der Waals surface area contributed by atoms with Crippen molar-refractivity contribution >= 4 is 28.4 Å². The molecule has 1 aliphatic rings. The zero-order chi connectivity index (χ0) is 12.3. The fourth-order valence-electron chi connectivity index (χ4n) is 1.99. The zero-order valence-corrected chi connectivity index (χ0v) is 12.5. The predicted molar refractivity (Wildman–Crippen MR) is 76.4 cm³/mol. The van der Waals surface area contributed by atoms with E-state index < -0.39 is 0 Å². The van der Waals surface area contributed by atoms with E-state index in [0.717, 1.165) is 53.5 Å². The molecule has 1 unspecified atom stereocenters. The summed E-state index contributed by atoms with van der Waals surface area (Å²) in [4.78, 5) is 9.24. The van der Waals surface area contributed by atoms with Crippen LogP contribution in [0.1, 0.15) is 37.2 Å². The Kier molecular flexibility index (Phi) is 4.55. The number of anilines is 1. The van der Waals surface area contributed by atoms with Gasteiger partial charge < -0.3 is 10.1 Å². The van der Waals surface area contributed by atoms with Crippen LogP contribution in [0.3, 0.4) is 0 Å². The first-order chi connectivity index (χ1) is 8.22. The minimum atomic E-state index is 0.358. The van der Waals surface area contributed by atoms with Crippen LogP contribution in [-0.2, 0) is 4.74 Å². The summed E-state index contributed by atoms with van der Waals surface area (Å²) >= 11 is 2.30. The smallest absolute Gasteiger partial charge is 0.143 e. The van der Waals surface area contributed by atoms with Crippen molar-refractivity contribution in [2.24, 2.45) is 0 Å². The van der Waals surface area contributed by atoms with E-state index in [4.69, 9.17) is 4.74 Å². The molecule has 1 aliphatic heterocycles. The second kappa shape index (κ2) is 5.95. The van der Waals surface area contributed by atoms with Gasteiger partial charge >= 0.3 is 0 Å². The third-order valence-corrected chi connectivity index (χ3v) is 4.20. The molecule has 1 saturated heterocycles. The average Bonchev–Trinajstić information content (AvgIpc) is 2.36. The lowest BCUT2D eigenvalue weighted by Crippen LogP contribution is -2.19. The van der Waals surface area contributed by atoms with Gasteiger partial charge in [-0.3, -0.25) is 0 Å². The van der Waals surface area contributed by atoms with Gasteiger partial charge in [0, 0.05) is 19.1 Å². The van der Waals surface area contributed by atoms with Crippen LogP contribution in [0, 0.1) is 10.5 Å². The Bertz CT molecular complexity index is 392. The molecule has 4 nitrogen and oxygen atoms in total. The van der Waals surface area contributed by atoms with E-state index in [1.54, 1.807) is 0 Å². The normalized spacial score (nSPS) is 20.3. The maximum Gasteiger partial charge on any atom is 0.143 e. The minimum Gasteiger partial charge on any atom is -0.381 e. The standard InChI is InChI=1S/C12H18IN3O/c1-3-14-12-10(13)8(2)15-11(16-12)9-5-4-6-17-7-9/h9H,3-7H2,1-2H3,(H,14,15,16). The predicted octanol–water partition coefficient (Wildman–Crippen LogP) is 2.72. The summed E-state index contributed by atoms with van der Waals surface area (Å²) in [5, 5.41) is 3.30. The van der Waals surface area contributed by atoms with Gasteiger partial charge in [0.15, 0.2) is 0 Å². The molecular weight excluding hydrogens is 329 g/mol. The molecule has 0 aliphatic carbocycles. The van der Waals surface area contributed by atoms with Crippen molar-refractivity contribution in [3.8, 4) is 0 Å². The molecule has 17 heavy (non-hydrogen) atoms. The zero-order valence-electron chi connectivity index (χ0n) is 10.3. The molecule has 1 aromatic rings. The van der Waals surface area contributed by atoms with Crippen LogP contribution in [0.5, 0.6) is 0 Å². The molecule has 5 heteroatoms. The third-order valence-electron chi connectivity index (χ3n) is 2.90. The number of rotatable bonds is 3. The Morgan fingerprint density at radius 3 is 2.94 bits per heavy atom. The Labute approximate surface area is 116 Å². The molecule has 2 heterocycles. The van der Waals surface area contributed by atoms with Crippen molar-refractivity contribution in [3.05, 3.63) is 15.1 Å². The molecule has 0 bridgehead atoms. The van der Waals surface area contributed by atoms with E-state index in [-0.39, 0.29) is 0 Å². The number of aryl methyl sites for hydroxylation is 1. The van der Waals surface area contributed by atoms with Crippen LogP contribution >= 0.6 is 22.6 Å². The molecule has 0 amide bonds. The Morgan fingerprint density at radius 2 is 2.29 bits per heavy atom. The Morgan fingerprint density at radius 1 is 1.47 bits per heavy atom. The van der Waals surface area contributed by atoms with Gasteiger partial charge in [0.25, 0.3) is 0 Å². The van der Waals surface area contributed by atoms with Gasteiger partial charge in [-0.1, -0.05) is 0 Å². The molecule has 1 atom stereocenters. The summed E-state index contributed by atoms with van der Waals surface area (Å²) in [5.74, 6) is 2.25. The lowest BCUT2D eigenvalue weighted by molar-refractivity contribution is 0.0780. The third kappa shape index (κ3) is 3.07. The molecule has 1 fully saturated rings. The molecule has 0 saturated carbocycles. The molecular formula is C12H18IN3O. The maximum atomic E-state index is 5.50. The minimum absolute atomic E-state index is 0.358. The van der Waals surface area contributed by atoms with Crippen LogP contribution in [0.4, 0.5) is 5.82 Å². The summed E-state index contributed by atoms with van der Waals surface area (Å²) in [6.07, 6.45) is 2.24. The van der Waals surface area contributed by atoms with Crippen molar-refractivity contribution in [1.82, 2.24) is 9.97 Å². The van der Waals surface area contributed by atoms with Gasteiger partial charge in [-0.05, 0) is 49.3 Å². The summed E-state index contributed by atoms with van der Waals surface area (Å²) < 4.78 is 6.62. The Balaban J connectivity index is 2.27. The highest BCUT2D eigenvalue weighted by Gasteiger charge is 2.20. The van der Waals surface area contributed by atoms with Gasteiger partial charge in [0.1, 0.15) is 11.6 Å². The molecule has 0 radical (unpaired) electrons. The van der Waals surface area contributed by atoms with E-state index in [1.165, 1.54) is 0 Å². The fourth-order valence-corrected chi connectivity index (χ4v) is 2.42. The molecule has 94 valence electrons. The summed E-state index contributed by atoms with van der Waals surface area (Å²) in [6.45, 7) is 6.63. The molecule has 2 rings (SSSR count). The lowest BCUT2D eigenvalue weighted by atomic mass is 10.0. The Hall–Kier alpha value is -0.430. The quantitative estimate of drug-likeness (QED) is 0.855. The number of nitrogens with zero attached hydrogens (tertiary/aromatic N) is 2. The second-order valence-electron chi connectivity index (χ2n) is 4.27. The highest BCUT2D eigenvalue weighted by atomic mass is 127. The van der Waals surface area contributed by atoms with Gasteiger partial charge in [0.05, 0.1) is 15.9 Å². The molecule has 0 aromatic carbocycles. The van der Waals surface area contributed by atoms with Crippen molar-refractivity contribution in [1.29, 1.82) is 0 Å². The van der Waals surface area contributed by atoms with Gasteiger partial charge in [-0.15, -0.1) is 0 Å². The largest absolute Gasteiger partial charge is 0.381 e. The molecule has 1 aromatic heterocycles. The molecule has 1 N–H and O–H groups in total. The summed E-state index contributed by atoms with van der Waals surface area (Å²) in [5.41, 5.74) is 1.05. The van der Waals surface area contributed by atoms with Crippen LogP contribution < -0.4 is 5.32 Å². The fraction of sp³-hybridized carbons (Fsp3) is 0.667. The number of hydrogen-bond acceptors (Lipinski definition) is 4. The lowest BCUT2D eigenvalue weighted by Gasteiger charge is -2.22.